The van der Waals surface area contributed by atoms with E-state index in [-0.39, 0.29) is 12.4 Å². The van der Waals surface area contributed by atoms with Gasteiger partial charge in [0, 0.05) is 36.1 Å². The molecule has 3 rings (SSSR count). The molecule has 0 bridgehead atoms. The molecule has 0 saturated carbocycles. The largest absolute Gasteiger partial charge is 0.339 e. The average Bonchev–Trinajstić information content (AvgIpc) is 3.02. The lowest BCUT2D eigenvalue weighted by atomic mass is 10.1. The van der Waals surface area contributed by atoms with E-state index in [0.717, 1.165) is 31.6 Å². The van der Waals surface area contributed by atoms with E-state index in [0.29, 0.717) is 22.8 Å². The van der Waals surface area contributed by atoms with E-state index in [4.69, 9.17) is 16.1 Å². The van der Waals surface area contributed by atoms with Gasteiger partial charge in [-0.25, -0.2) is 0 Å². The lowest BCUT2D eigenvalue weighted by Crippen LogP contribution is -2.44. The topological polar surface area (TPSA) is 54.2 Å². The van der Waals surface area contributed by atoms with Crippen molar-refractivity contribution in [3.63, 3.8) is 0 Å². The van der Waals surface area contributed by atoms with E-state index in [9.17, 15) is 0 Å². The molecule has 5 nitrogen and oxygen atoms in total. The first-order chi connectivity index (χ1) is 10.7. The fourth-order valence-electron chi connectivity index (χ4n) is 2.85. The molecule has 1 N–H and O–H groups in total. The van der Waals surface area contributed by atoms with Gasteiger partial charge in [0.25, 0.3) is 0 Å². The number of nitrogens with one attached hydrogen (secondary N) is 1. The molecule has 1 aliphatic rings. The van der Waals surface area contributed by atoms with Crippen LogP contribution in [0.25, 0.3) is 11.4 Å². The third kappa shape index (κ3) is 4.91. The van der Waals surface area contributed by atoms with Crippen molar-refractivity contribution in [2.24, 2.45) is 0 Å². The van der Waals surface area contributed by atoms with Gasteiger partial charge in [-0.2, -0.15) is 4.98 Å². The first-order valence-corrected chi connectivity index (χ1v) is 8.10. The van der Waals surface area contributed by atoms with Gasteiger partial charge in [-0.1, -0.05) is 28.9 Å². The van der Waals surface area contributed by atoms with Gasteiger partial charge < -0.3 is 14.7 Å². The van der Waals surface area contributed by atoms with Crippen LogP contribution in [0.4, 0.5) is 0 Å². The molecule has 1 unspecified atom stereocenters. The Balaban J connectivity index is 0.00000192. The zero-order valence-corrected chi connectivity index (χ0v) is 14.7. The molecule has 1 fully saturated rings. The van der Waals surface area contributed by atoms with E-state index in [1.807, 2.05) is 31.3 Å². The minimum Gasteiger partial charge on any atom is -0.339 e. The van der Waals surface area contributed by atoms with Crippen molar-refractivity contribution >= 4 is 24.0 Å². The summed E-state index contributed by atoms with van der Waals surface area (Å²) < 4.78 is 5.36. The molecule has 126 valence electrons. The lowest BCUT2D eigenvalue weighted by molar-refractivity contribution is 0.191. The fourth-order valence-corrected chi connectivity index (χ4v) is 3.04. The second-order valence-electron chi connectivity index (χ2n) is 5.70. The molecule has 1 saturated heterocycles. The number of hydrogen-bond donors (Lipinski definition) is 1. The van der Waals surface area contributed by atoms with Crippen LogP contribution in [0.15, 0.2) is 28.8 Å². The highest BCUT2D eigenvalue weighted by Crippen LogP contribution is 2.20. The Hall–Kier alpha value is -1.14. The van der Waals surface area contributed by atoms with Crippen LogP contribution < -0.4 is 5.32 Å². The number of likely N-dealkylation sites (N-methyl/N-ethyl adjacent to an activating group) is 1. The highest BCUT2D eigenvalue weighted by Gasteiger charge is 2.19. The maximum absolute atomic E-state index is 5.99. The Kier molecular flexibility index (Phi) is 6.84. The summed E-state index contributed by atoms with van der Waals surface area (Å²) in [7, 11) is 2.03. The molecule has 2 aromatic rings. The van der Waals surface area contributed by atoms with Gasteiger partial charge >= 0.3 is 0 Å². The predicted molar refractivity (Wildman–Crippen MR) is 94.2 cm³/mol. The molecule has 1 aromatic carbocycles. The molecule has 0 aliphatic carbocycles. The number of hydrogen-bond acceptors (Lipinski definition) is 5. The molecule has 2 heterocycles. The predicted octanol–water partition coefficient (Wildman–Crippen LogP) is 3.04. The Bertz CT molecular complexity index is 620. The molecule has 7 heteroatoms. The van der Waals surface area contributed by atoms with E-state index in [1.165, 1.54) is 12.8 Å². The molecule has 0 amide bonds. The van der Waals surface area contributed by atoms with Gasteiger partial charge in [0.1, 0.15) is 0 Å². The van der Waals surface area contributed by atoms with Crippen LogP contribution in [0.1, 0.15) is 18.7 Å². The number of rotatable bonds is 5. The molecular weight excluding hydrogens is 335 g/mol. The maximum atomic E-state index is 5.99. The molecule has 1 aromatic heterocycles. The van der Waals surface area contributed by atoms with Crippen molar-refractivity contribution in [2.45, 2.75) is 25.3 Å². The first kappa shape index (κ1) is 18.2. The van der Waals surface area contributed by atoms with E-state index >= 15 is 0 Å². The summed E-state index contributed by atoms with van der Waals surface area (Å²) in [6.45, 7) is 3.19. The molecular formula is C16H22Cl2N4O. The van der Waals surface area contributed by atoms with Gasteiger partial charge in [0.2, 0.25) is 11.7 Å². The maximum Gasteiger partial charge on any atom is 0.228 e. The second kappa shape index (κ2) is 8.64. The van der Waals surface area contributed by atoms with Crippen molar-refractivity contribution < 1.29 is 4.52 Å². The van der Waals surface area contributed by atoms with Crippen molar-refractivity contribution in [1.29, 1.82) is 0 Å². The van der Waals surface area contributed by atoms with E-state index in [1.54, 1.807) is 0 Å². The monoisotopic (exact) mass is 356 g/mol. The van der Waals surface area contributed by atoms with Crippen molar-refractivity contribution in [3.8, 4) is 11.4 Å². The summed E-state index contributed by atoms with van der Waals surface area (Å²) in [5.41, 5.74) is 0.885. The lowest BCUT2D eigenvalue weighted by Gasteiger charge is -2.32. The van der Waals surface area contributed by atoms with Gasteiger partial charge in [-0.05, 0) is 38.6 Å². The van der Waals surface area contributed by atoms with Gasteiger partial charge in [0.15, 0.2) is 0 Å². The number of aromatic nitrogens is 2. The normalized spacial score (nSPS) is 18.6. The smallest absolute Gasteiger partial charge is 0.228 e. The van der Waals surface area contributed by atoms with Crippen LogP contribution in [-0.4, -0.2) is 47.8 Å². The van der Waals surface area contributed by atoms with E-state index < -0.39 is 0 Å². The molecule has 0 spiro atoms. The zero-order chi connectivity index (χ0) is 15.4. The summed E-state index contributed by atoms with van der Waals surface area (Å²) in [5.74, 6) is 1.28. The minimum absolute atomic E-state index is 0. The quantitative estimate of drug-likeness (QED) is 0.892. The van der Waals surface area contributed by atoms with Gasteiger partial charge in [-0.3, -0.25) is 0 Å². The highest BCUT2D eigenvalue weighted by molar-refractivity contribution is 6.30. The molecule has 1 atom stereocenters. The number of benzene rings is 1. The zero-order valence-electron chi connectivity index (χ0n) is 13.2. The first-order valence-electron chi connectivity index (χ1n) is 7.73. The van der Waals surface area contributed by atoms with Crippen LogP contribution in [0.3, 0.4) is 0 Å². The SMILES string of the molecule is CNC1CCCN(CCc2nc(-c3cccc(Cl)c3)no2)C1.Cl. The fraction of sp³-hybridized carbons (Fsp3) is 0.500. The third-order valence-corrected chi connectivity index (χ3v) is 4.34. The van der Waals surface area contributed by atoms with Gasteiger partial charge in [0.05, 0.1) is 0 Å². The van der Waals surface area contributed by atoms with Crippen LogP contribution in [0.2, 0.25) is 5.02 Å². The number of piperidine rings is 1. The summed E-state index contributed by atoms with van der Waals surface area (Å²) >= 11 is 5.99. The number of likely N-dealkylation sites (tertiary alicyclic amines) is 1. The van der Waals surface area contributed by atoms with E-state index in [2.05, 4.69) is 20.4 Å². The number of nitrogens with zero attached hydrogens (tertiary/aromatic N) is 3. The van der Waals surface area contributed by atoms with Crippen molar-refractivity contribution in [1.82, 2.24) is 20.4 Å². The van der Waals surface area contributed by atoms with Crippen molar-refractivity contribution in [2.75, 3.05) is 26.7 Å². The third-order valence-electron chi connectivity index (χ3n) is 4.11. The van der Waals surface area contributed by atoms with Crippen LogP contribution >= 0.6 is 24.0 Å². The number of halogens is 2. The van der Waals surface area contributed by atoms with Crippen LogP contribution in [0, 0.1) is 0 Å². The Labute approximate surface area is 147 Å². The summed E-state index contributed by atoms with van der Waals surface area (Å²) in [5, 5.41) is 8.08. The minimum atomic E-state index is 0. The average molecular weight is 357 g/mol. The van der Waals surface area contributed by atoms with Crippen LogP contribution in [-0.2, 0) is 6.42 Å². The molecule has 1 aliphatic heterocycles. The highest BCUT2D eigenvalue weighted by atomic mass is 35.5. The van der Waals surface area contributed by atoms with Gasteiger partial charge in [-0.15, -0.1) is 12.4 Å². The Morgan fingerprint density at radius 1 is 1.43 bits per heavy atom. The van der Waals surface area contributed by atoms with Crippen molar-refractivity contribution in [3.05, 3.63) is 35.2 Å². The summed E-state index contributed by atoms with van der Waals surface area (Å²) in [6.07, 6.45) is 3.28. The molecule has 23 heavy (non-hydrogen) atoms. The Morgan fingerprint density at radius 3 is 3.09 bits per heavy atom. The standard InChI is InChI=1S/C16H21ClN4O.ClH/c1-18-14-6-3-8-21(11-14)9-7-15-19-16(20-22-15)12-4-2-5-13(17)10-12;/h2,4-5,10,14,18H,3,6-9,11H2,1H3;1H. The second-order valence-corrected chi connectivity index (χ2v) is 6.14. The summed E-state index contributed by atoms with van der Waals surface area (Å²) in [4.78, 5) is 6.92. The van der Waals surface area contributed by atoms with Crippen LogP contribution in [0.5, 0.6) is 0 Å². The Morgan fingerprint density at radius 2 is 2.30 bits per heavy atom. The molecule has 0 radical (unpaired) electrons. The summed E-state index contributed by atoms with van der Waals surface area (Å²) in [6, 6.07) is 8.10.